The second-order valence-corrected chi connectivity index (χ2v) is 14.3. The van der Waals surface area contributed by atoms with Crippen LogP contribution in [0.1, 0.15) is 63.3 Å². The summed E-state index contributed by atoms with van der Waals surface area (Å²) >= 11 is 2.96. The summed E-state index contributed by atoms with van der Waals surface area (Å²) in [4.78, 5) is 12.5. The number of aromatic nitrogens is 1. The summed E-state index contributed by atoms with van der Waals surface area (Å²) in [5.74, 6) is 0. The standard InChI is InChI=1S/C28H42N6O3S3/c1-5-9-25(34(7-3)40(35,36)27-10-8-17-38-27)21(4)32-24(6-2)28-31-18-23(39-28)20-33-15-11-22(12-16-33)37-26-19-29-13-14-30-26/h6,8,10,13-14,17-19,21-22,25-26,30,32H,5,7,9,11-12,15-16,20H2,1-4H3/b24-6-. The van der Waals surface area contributed by atoms with E-state index in [1.165, 1.54) is 16.2 Å². The first-order valence-electron chi connectivity index (χ1n) is 14.1. The van der Waals surface area contributed by atoms with E-state index >= 15 is 0 Å². The second-order valence-electron chi connectivity index (χ2n) is 10.1. The smallest absolute Gasteiger partial charge is 0.252 e. The highest BCUT2D eigenvalue weighted by molar-refractivity contribution is 7.91. The lowest BCUT2D eigenvalue weighted by Gasteiger charge is -2.35. The van der Waals surface area contributed by atoms with E-state index in [9.17, 15) is 8.42 Å². The molecule has 9 nitrogen and oxygen atoms in total. The van der Waals surface area contributed by atoms with E-state index < -0.39 is 10.0 Å². The molecule has 2 aromatic heterocycles. The van der Waals surface area contributed by atoms with E-state index in [1.54, 1.807) is 40.2 Å². The molecule has 40 heavy (non-hydrogen) atoms. The number of thiazole rings is 1. The van der Waals surface area contributed by atoms with Gasteiger partial charge in [-0.1, -0.05) is 32.4 Å². The molecule has 0 amide bonds. The zero-order valence-electron chi connectivity index (χ0n) is 23.8. The Hall–Kier alpha value is -2.09. The van der Waals surface area contributed by atoms with Crippen molar-refractivity contribution in [2.45, 2.75) is 88.5 Å². The Morgan fingerprint density at radius 2 is 2.15 bits per heavy atom. The Balaban J connectivity index is 1.34. The van der Waals surface area contributed by atoms with Gasteiger partial charge in [0.1, 0.15) is 9.22 Å². The predicted octanol–water partition coefficient (Wildman–Crippen LogP) is 4.88. The van der Waals surface area contributed by atoms with Crippen molar-refractivity contribution in [2.24, 2.45) is 4.99 Å². The quantitative estimate of drug-likeness (QED) is 0.316. The van der Waals surface area contributed by atoms with Crippen LogP contribution in [0.3, 0.4) is 0 Å². The Kier molecular flexibility index (Phi) is 11.3. The third kappa shape index (κ3) is 7.80. The van der Waals surface area contributed by atoms with Gasteiger partial charge in [-0.3, -0.25) is 9.89 Å². The largest absolute Gasteiger partial charge is 0.379 e. The fourth-order valence-corrected chi connectivity index (χ4v) is 9.07. The number of thiophene rings is 1. The summed E-state index contributed by atoms with van der Waals surface area (Å²) in [6.45, 7) is 11.3. The van der Waals surface area contributed by atoms with Crippen molar-refractivity contribution in [3.05, 3.63) is 52.1 Å². The molecule has 0 saturated carbocycles. The molecule has 0 aliphatic carbocycles. The van der Waals surface area contributed by atoms with Crippen molar-refractivity contribution in [1.29, 1.82) is 0 Å². The fraction of sp³-hybridized carbons (Fsp3) is 0.571. The van der Waals surface area contributed by atoms with Crippen LogP contribution >= 0.6 is 22.7 Å². The van der Waals surface area contributed by atoms with E-state index in [-0.39, 0.29) is 24.4 Å². The van der Waals surface area contributed by atoms with Crippen molar-refractivity contribution in [3.63, 3.8) is 0 Å². The molecule has 3 unspecified atom stereocenters. The molecule has 12 heteroatoms. The number of hydrogen-bond donors (Lipinski definition) is 2. The van der Waals surface area contributed by atoms with Crippen LogP contribution in [0.4, 0.5) is 0 Å². The second kappa shape index (κ2) is 14.7. The van der Waals surface area contributed by atoms with E-state index in [0.717, 1.165) is 56.0 Å². The van der Waals surface area contributed by atoms with Gasteiger partial charge in [0, 0.05) is 61.7 Å². The molecule has 220 valence electrons. The van der Waals surface area contributed by atoms with Gasteiger partial charge >= 0.3 is 0 Å². The minimum absolute atomic E-state index is 0.0913. The van der Waals surface area contributed by atoms with E-state index in [1.807, 2.05) is 37.7 Å². The average molecular weight is 607 g/mol. The molecule has 2 aromatic rings. The molecule has 2 aliphatic heterocycles. The fourth-order valence-electron chi connectivity index (χ4n) is 5.22. The number of piperidine rings is 1. The molecule has 0 aromatic carbocycles. The Bertz CT molecular complexity index is 1250. The number of hydrogen-bond acceptors (Lipinski definition) is 10. The molecule has 0 radical (unpaired) electrons. The maximum atomic E-state index is 13.4. The van der Waals surface area contributed by atoms with Crippen molar-refractivity contribution in [3.8, 4) is 0 Å². The van der Waals surface area contributed by atoms with Crippen LogP contribution in [-0.2, 0) is 21.3 Å². The molecule has 1 fully saturated rings. The maximum absolute atomic E-state index is 13.4. The SMILES string of the molecule is C/C=C(\NC(C)C(CCC)N(CC)S(=O)(=O)c1cccs1)c1ncc(CN2CCC(OC3C=NC=CN3)CC2)s1. The molecule has 4 rings (SSSR count). The normalized spacial score (nSPS) is 20.5. The van der Waals surface area contributed by atoms with Crippen LogP contribution in [0.2, 0.25) is 0 Å². The molecule has 0 spiro atoms. The summed E-state index contributed by atoms with van der Waals surface area (Å²) in [5.41, 5.74) is 0.942. The third-order valence-electron chi connectivity index (χ3n) is 7.25. The molecule has 2 N–H and O–H groups in total. The summed E-state index contributed by atoms with van der Waals surface area (Å²) in [5, 5.41) is 9.53. The highest BCUT2D eigenvalue weighted by Gasteiger charge is 2.34. The molecule has 2 aliphatic rings. The highest BCUT2D eigenvalue weighted by Crippen LogP contribution is 2.28. The van der Waals surface area contributed by atoms with Crippen LogP contribution < -0.4 is 10.6 Å². The van der Waals surface area contributed by atoms with Crippen molar-refractivity contribution < 1.29 is 13.2 Å². The van der Waals surface area contributed by atoms with Gasteiger partial charge in [-0.2, -0.15) is 4.31 Å². The summed E-state index contributed by atoms with van der Waals surface area (Å²) in [6, 6.07) is 3.21. The summed E-state index contributed by atoms with van der Waals surface area (Å²) < 4.78 is 35.1. The lowest BCUT2D eigenvalue weighted by molar-refractivity contribution is -0.0218. The van der Waals surface area contributed by atoms with Crippen LogP contribution in [-0.4, -0.2) is 72.9 Å². The first-order valence-corrected chi connectivity index (χ1v) is 17.2. The number of nitrogens with one attached hydrogen (secondary N) is 2. The minimum Gasteiger partial charge on any atom is -0.379 e. The van der Waals surface area contributed by atoms with Gasteiger partial charge in [-0.25, -0.2) is 13.4 Å². The highest BCUT2D eigenvalue weighted by atomic mass is 32.2. The number of aliphatic imine (C=N–C) groups is 1. The lowest BCUT2D eigenvalue weighted by Crippen LogP contribution is -2.50. The predicted molar refractivity (Wildman–Crippen MR) is 165 cm³/mol. The van der Waals surface area contributed by atoms with Gasteiger partial charge in [-0.15, -0.1) is 22.7 Å². The summed E-state index contributed by atoms with van der Waals surface area (Å²) in [7, 11) is -3.55. The molecular weight excluding hydrogens is 565 g/mol. The number of likely N-dealkylation sites (tertiary alicyclic amines) is 1. The Labute approximate surface area is 247 Å². The minimum atomic E-state index is -3.55. The van der Waals surface area contributed by atoms with E-state index in [0.29, 0.717) is 10.8 Å². The van der Waals surface area contributed by atoms with E-state index in [4.69, 9.17) is 9.72 Å². The monoisotopic (exact) mass is 606 g/mol. The first-order chi connectivity index (χ1) is 19.3. The average Bonchev–Trinajstić information content (AvgIpc) is 3.67. The Morgan fingerprint density at radius 3 is 2.77 bits per heavy atom. The third-order valence-corrected chi connectivity index (χ3v) is 11.6. The molecule has 4 heterocycles. The van der Waals surface area contributed by atoms with Gasteiger partial charge in [-0.05, 0) is 44.6 Å². The van der Waals surface area contributed by atoms with Crippen molar-refractivity contribution in [2.75, 3.05) is 19.6 Å². The first kappa shape index (κ1) is 30.9. The van der Waals surface area contributed by atoms with Crippen LogP contribution in [0.5, 0.6) is 0 Å². The zero-order chi connectivity index (χ0) is 28.5. The number of sulfonamides is 1. The van der Waals surface area contributed by atoms with Gasteiger partial charge in [0.25, 0.3) is 10.0 Å². The van der Waals surface area contributed by atoms with E-state index in [2.05, 4.69) is 34.4 Å². The topological polar surface area (TPSA) is 99.2 Å². The number of rotatable bonds is 14. The molecule has 3 atom stereocenters. The van der Waals surface area contributed by atoms with Crippen LogP contribution in [0.15, 0.2) is 51.4 Å². The van der Waals surface area contributed by atoms with Crippen molar-refractivity contribution >= 4 is 44.6 Å². The molecule has 1 saturated heterocycles. The number of ether oxygens (including phenoxy) is 1. The molecular formula is C28H42N6O3S3. The lowest BCUT2D eigenvalue weighted by atomic mass is 10.0. The van der Waals surface area contributed by atoms with Gasteiger partial charge < -0.3 is 15.4 Å². The summed E-state index contributed by atoms with van der Waals surface area (Å²) in [6.07, 6.45) is 13.1. The Morgan fingerprint density at radius 1 is 1.35 bits per heavy atom. The van der Waals surface area contributed by atoms with Crippen molar-refractivity contribution in [1.82, 2.24) is 24.8 Å². The van der Waals surface area contributed by atoms with Gasteiger partial charge in [0.05, 0.1) is 18.0 Å². The van der Waals surface area contributed by atoms with Gasteiger partial charge in [0.15, 0.2) is 6.23 Å². The molecule has 0 bridgehead atoms. The van der Waals surface area contributed by atoms with Crippen LogP contribution in [0, 0.1) is 0 Å². The number of allylic oxidation sites excluding steroid dienone is 1. The zero-order valence-corrected chi connectivity index (χ0v) is 26.3. The number of likely N-dealkylation sites (N-methyl/N-ethyl adjacent to an activating group) is 1. The number of nitrogens with zero attached hydrogens (tertiary/aromatic N) is 4. The van der Waals surface area contributed by atoms with Gasteiger partial charge in [0.2, 0.25) is 0 Å². The van der Waals surface area contributed by atoms with Crippen LogP contribution in [0.25, 0.3) is 5.70 Å². The maximum Gasteiger partial charge on any atom is 0.252 e.